The maximum absolute atomic E-state index is 12.5. The summed E-state index contributed by atoms with van der Waals surface area (Å²) >= 11 is 1.17. The number of ether oxygens (including phenoxy) is 1. The normalized spacial score (nSPS) is 17.0. The van der Waals surface area contributed by atoms with Gasteiger partial charge >= 0.3 is 0 Å². The zero-order valence-electron chi connectivity index (χ0n) is 10.9. The summed E-state index contributed by atoms with van der Waals surface area (Å²) in [4.78, 5) is 0.279. The summed E-state index contributed by atoms with van der Waals surface area (Å²) in [5.74, 6) is 0.488. The highest BCUT2D eigenvalue weighted by atomic mass is 32.2. The van der Waals surface area contributed by atoms with E-state index in [1.807, 2.05) is 6.07 Å². The molecule has 0 aromatic heterocycles. The van der Waals surface area contributed by atoms with Gasteiger partial charge in [-0.05, 0) is 17.7 Å². The second-order valence-corrected chi connectivity index (χ2v) is 7.27. The molecule has 110 valence electrons. The molecule has 0 atom stereocenters. The third kappa shape index (κ3) is 3.72. The van der Waals surface area contributed by atoms with Gasteiger partial charge in [0, 0.05) is 18.8 Å². The minimum atomic E-state index is -3.46. The molecule has 3 N–H and O–H groups in total. The van der Waals surface area contributed by atoms with Crippen LogP contribution in [0.25, 0.3) is 0 Å². The van der Waals surface area contributed by atoms with Crippen LogP contribution in [0.5, 0.6) is 0 Å². The van der Waals surface area contributed by atoms with Gasteiger partial charge in [-0.3, -0.25) is 5.41 Å². The number of nitrogens with zero attached hydrogens (tertiary/aromatic N) is 1. The Bertz CT molecular complexity index is 583. The number of sulfonamides is 1. The van der Waals surface area contributed by atoms with Gasteiger partial charge in [0.05, 0.1) is 18.1 Å². The Hall–Kier alpha value is -1.09. The summed E-state index contributed by atoms with van der Waals surface area (Å²) in [6.07, 6.45) is 0. The van der Waals surface area contributed by atoms with E-state index in [-0.39, 0.29) is 10.1 Å². The van der Waals surface area contributed by atoms with Gasteiger partial charge in [0.15, 0.2) is 5.17 Å². The van der Waals surface area contributed by atoms with E-state index < -0.39 is 10.0 Å². The molecule has 1 aromatic rings. The van der Waals surface area contributed by atoms with Gasteiger partial charge in [-0.2, -0.15) is 4.31 Å². The highest BCUT2D eigenvalue weighted by Crippen LogP contribution is 2.20. The van der Waals surface area contributed by atoms with Gasteiger partial charge in [0.2, 0.25) is 10.0 Å². The molecule has 6 nitrogen and oxygen atoms in total. The molecule has 0 spiro atoms. The summed E-state index contributed by atoms with van der Waals surface area (Å²) in [5, 5.41) is 7.20. The van der Waals surface area contributed by atoms with Crippen molar-refractivity contribution in [2.24, 2.45) is 5.73 Å². The van der Waals surface area contributed by atoms with Crippen LogP contribution in [0.15, 0.2) is 29.2 Å². The molecular weight excluding hydrogens is 298 g/mol. The van der Waals surface area contributed by atoms with E-state index in [9.17, 15) is 8.42 Å². The number of nitrogens with two attached hydrogens (primary N) is 1. The molecule has 1 aromatic carbocycles. The van der Waals surface area contributed by atoms with E-state index in [0.29, 0.717) is 32.1 Å². The second kappa shape index (κ2) is 6.57. The first kappa shape index (κ1) is 15.3. The number of rotatable bonds is 4. The lowest BCUT2D eigenvalue weighted by Gasteiger charge is -2.26. The Kier molecular flexibility index (Phi) is 5.03. The van der Waals surface area contributed by atoms with Crippen LogP contribution in [0.1, 0.15) is 5.56 Å². The van der Waals surface area contributed by atoms with Gasteiger partial charge in [-0.1, -0.05) is 23.9 Å². The van der Waals surface area contributed by atoms with E-state index in [1.165, 1.54) is 16.1 Å². The Labute approximate surface area is 122 Å². The summed E-state index contributed by atoms with van der Waals surface area (Å²) in [6.45, 7) is 1.63. The lowest BCUT2D eigenvalue weighted by Crippen LogP contribution is -2.40. The van der Waals surface area contributed by atoms with Crippen molar-refractivity contribution in [3.8, 4) is 0 Å². The van der Waals surface area contributed by atoms with E-state index in [2.05, 4.69) is 0 Å². The number of benzene rings is 1. The van der Waals surface area contributed by atoms with Crippen molar-refractivity contribution in [3.05, 3.63) is 29.8 Å². The predicted octanol–water partition coefficient (Wildman–Crippen LogP) is 0.834. The first-order chi connectivity index (χ1) is 9.50. The molecule has 1 saturated heterocycles. The number of nitrogens with one attached hydrogen (secondary N) is 1. The van der Waals surface area contributed by atoms with Gasteiger partial charge in [0.1, 0.15) is 0 Å². The van der Waals surface area contributed by atoms with Crippen LogP contribution in [-0.2, 0) is 20.5 Å². The minimum Gasteiger partial charge on any atom is -0.379 e. The van der Waals surface area contributed by atoms with Crippen molar-refractivity contribution >= 4 is 27.0 Å². The molecule has 1 fully saturated rings. The maximum atomic E-state index is 12.5. The van der Waals surface area contributed by atoms with Crippen molar-refractivity contribution in [1.29, 1.82) is 5.41 Å². The smallest absolute Gasteiger partial charge is 0.243 e. The zero-order chi connectivity index (χ0) is 14.6. The summed E-state index contributed by atoms with van der Waals surface area (Å²) < 4.78 is 31.6. The molecule has 0 radical (unpaired) electrons. The molecule has 1 heterocycles. The lowest BCUT2D eigenvalue weighted by atomic mass is 10.2. The number of morpholine rings is 1. The second-order valence-electron chi connectivity index (χ2n) is 4.32. The van der Waals surface area contributed by atoms with E-state index in [1.54, 1.807) is 18.2 Å². The average Bonchev–Trinajstić information content (AvgIpc) is 2.46. The summed E-state index contributed by atoms with van der Waals surface area (Å²) in [6, 6.07) is 6.77. The molecule has 0 bridgehead atoms. The third-order valence-electron chi connectivity index (χ3n) is 2.90. The quantitative estimate of drug-likeness (QED) is 0.634. The molecule has 8 heteroatoms. The minimum absolute atomic E-state index is 0.0199. The lowest BCUT2D eigenvalue weighted by molar-refractivity contribution is 0.0730. The summed E-state index contributed by atoms with van der Waals surface area (Å²) in [5.41, 5.74) is 6.12. The van der Waals surface area contributed by atoms with E-state index >= 15 is 0 Å². The third-order valence-corrected chi connectivity index (χ3v) is 5.58. The van der Waals surface area contributed by atoms with Crippen molar-refractivity contribution in [2.75, 3.05) is 26.3 Å². The molecule has 1 aliphatic rings. The van der Waals surface area contributed by atoms with Gasteiger partial charge in [0.25, 0.3) is 0 Å². The van der Waals surface area contributed by atoms with Gasteiger partial charge in [-0.15, -0.1) is 0 Å². The van der Waals surface area contributed by atoms with Crippen LogP contribution in [-0.4, -0.2) is 44.2 Å². The van der Waals surface area contributed by atoms with Crippen LogP contribution in [0.4, 0.5) is 0 Å². The Balaban J connectivity index is 2.18. The van der Waals surface area contributed by atoms with Crippen LogP contribution in [0.3, 0.4) is 0 Å². The molecule has 0 unspecified atom stereocenters. The SMILES string of the molecule is N=C(N)SCc1cccc(S(=O)(=O)N2CCOCC2)c1. The van der Waals surface area contributed by atoms with Crippen LogP contribution in [0, 0.1) is 5.41 Å². The molecule has 1 aliphatic heterocycles. The van der Waals surface area contributed by atoms with E-state index in [4.69, 9.17) is 15.9 Å². The Morgan fingerprint density at radius 2 is 2.10 bits per heavy atom. The topological polar surface area (TPSA) is 96.5 Å². The standard InChI is InChI=1S/C12H17N3O3S2/c13-12(14)19-9-10-2-1-3-11(8-10)20(16,17)15-4-6-18-7-5-15/h1-3,8H,4-7,9H2,(H3,13,14). The van der Waals surface area contributed by atoms with Gasteiger partial charge < -0.3 is 10.5 Å². The van der Waals surface area contributed by atoms with Crippen LogP contribution in [0.2, 0.25) is 0 Å². The molecule has 0 aliphatic carbocycles. The highest BCUT2D eigenvalue weighted by Gasteiger charge is 2.26. The largest absolute Gasteiger partial charge is 0.379 e. The van der Waals surface area contributed by atoms with Crippen molar-refractivity contribution in [3.63, 3.8) is 0 Å². The fourth-order valence-corrected chi connectivity index (χ4v) is 3.87. The Morgan fingerprint density at radius 3 is 2.75 bits per heavy atom. The van der Waals surface area contributed by atoms with Crippen LogP contribution >= 0.6 is 11.8 Å². The monoisotopic (exact) mass is 315 g/mol. The Morgan fingerprint density at radius 1 is 1.40 bits per heavy atom. The highest BCUT2D eigenvalue weighted by molar-refractivity contribution is 8.13. The van der Waals surface area contributed by atoms with Gasteiger partial charge in [-0.25, -0.2) is 8.42 Å². The number of hydrogen-bond donors (Lipinski definition) is 2. The van der Waals surface area contributed by atoms with Crippen LogP contribution < -0.4 is 5.73 Å². The van der Waals surface area contributed by atoms with E-state index in [0.717, 1.165) is 5.56 Å². The fraction of sp³-hybridized carbons (Fsp3) is 0.417. The first-order valence-corrected chi connectivity index (χ1v) is 8.56. The molecule has 0 amide bonds. The molecular formula is C12H17N3O3S2. The van der Waals surface area contributed by atoms with Crippen molar-refractivity contribution in [2.45, 2.75) is 10.6 Å². The average molecular weight is 315 g/mol. The molecule has 2 rings (SSSR count). The van der Waals surface area contributed by atoms with Crippen molar-refractivity contribution < 1.29 is 13.2 Å². The predicted molar refractivity (Wildman–Crippen MR) is 79.2 cm³/mol. The number of hydrogen-bond acceptors (Lipinski definition) is 5. The maximum Gasteiger partial charge on any atom is 0.243 e. The molecule has 0 saturated carbocycles. The fourth-order valence-electron chi connectivity index (χ4n) is 1.89. The summed E-state index contributed by atoms with van der Waals surface area (Å²) in [7, 11) is -3.46. The zero-order valence-corrected chi connectivity index (χ0v) is 12.5. The number of amidine groups is 1. The molecule has 20 heavy (non-hydrogen) atoms. The first-order valence-electron chi connectivity index (χ1n) is 6.14. The number of thioether (sulfide) groups is 1. The van der Waals surface area contributed by atoms with Crippen molar-refractivity contribution in [1.82, 2.24) is 4.31 Å².